The molecule has 0 aromatic rings. The Labute approximate surface area is 203 Å². The van der Waals surface area contributed by atoms with Gasteiger partial charge in [0, 0.05) is 11.3 Å². The SMILES string of the molecule is CC1CC(O)C(C)(C2CCC3(O)C4=CC(=O)C5CC(O)C(O)CC5(C)C4CCC23C)OC1(C)C. The van der Waals surface area contributed by atoms with E-state index in [1.807, 2.05) is 6.92 Å². The van der Waals surface area contributed by atoms with Crippen LogP contribution in [-0.4, -0.2) is 61.3 Å². The molecule has 0 aromatic carbocycles. The number of hydrogen-bond acceptors (Lipinski definition) is 6. The van der Waals surface area contributed by atoms with E-state index in [0.29, 0.717) is 19.3 Å². The number of aliphatic hydroxyl groups is 4. The van der Waals surface area contributed by atoms with Crippen LogP contribution in [0.2, 0.25) is 0 Å². The number of hydrogen-bond donors (Lipinski definition) is 4. The highest BCUT2D eigenvalue weighted by Crippen LogP contribution is 2.69. The van der Waals surface area contributed by atoms with Gasteiger partial charge in [-0.25, -0.2) is 0 Å². The monoisotopic (exact) mass is 476 g/mol. The van der Waals surface area contributed by atoms with Gasteiger partial charge in [0.1, 0.15) is 0 Å². The first kappa shape index (κ1) is 24.9. The Bertz CT molecular complexity index is 913. The molecule has 4 aliphatic carbocycles. The molecule has 0 radical (unpaired) electrons. The third-order valence-electron chi connectivity index (χ3n) is 11.7. The quantitative estimate of drug-likeness (QED) is 0.463. The average molecular weight is 477 g/mol. The molecule has 6 heteroatoms. The lowest BCUT2D eigenvalue weighted by molar-refractivity contribution is -0.276. The minimum Gasteiger partial charge on any atom is -0.390 e. The molecule has 192 valence electrons. The zero-order chi connectivity index (χ0) is 25.1. The molecule has 11 atom stereocenters. The Morgan fingerprint density at radius 1 is 0.941 bits per heavy atom. The summed E-state index contributed by atoms with van der Waals surface area (Å²) in [7, 11) is 0. The van der Waals surface area contributed by atoms with E-state index in [0.717, 1.165) is 24.8 Å². The van der Waals surface area contributed by atoms with Gasteiger partial charge in [0.25, 0.3) is 0 Å². The predicted molar refractivity (Wildman–Crippen MR) is 128 cm³/mol. The number of rotatable bonds is 1. The molecule has 34 heavy (non-hydrogen) atoms. The van der Waals surface area contributed by atoms with Gasteiger partial charge in [0.2, 0.25) is 0 Å². The number of ketones is 1. The molecule has 11 unspecified atom stereocenters. The van der Waals surface area contributed by atoms with Crippen LogP contribution in [0.4, 0.5) is 0 Å². The van der Waals surface area contributed by atoms with Gasteiger partial charge >= 0.3 is 0 Å². The van der Waals surface area contributed by atoms with Crippen molar-refractivity contribution >= 4 is 5.78 Å². The summed E-state index contributed by atoms with van der Waals surface area (Å²) in [6.07, 6.45) is 3.52. The first-order valence-corrected chi connectivity index (χ1v) is 13.3. The number of carbonyl (C=O) groups excluding carboxylic acids is 1. The van der Waals surface area contributed by atoms with Gasteiger partial charge < -0.3 is 25.2 Å². The smallest absolute Gasteiger partial charge is 0.159 e. The Hall–Kier alpha value is -0.790. The van der Waals surface area contributed by atoms with E-state index >= 15 is 0 Å². The fourth-order valence-electron chi connectivity index (χ4n) is 9.18. The lowest BCUT2D eigenvalue weighted by Gasteiger charge is -2.62. The molecule has 5 aliphatic rings. The summed E-state index contributed by atoms with van der Waals surface area (Å²) in [5, 5.41) is 44.5. The van der Waals surface area contributed by atoms with Gasteiger partial charge in [-0.05, 0) is 101 Å². The van der Waals surface area contributed by atoms with Crippen molar-refractivity contribution in [2.75, 3.05) is 0 Å². The molecule has 6 nitrogen and oxygen atoms in total. The summed E-state index contributed by atoms with van der Waals surface area (Å²) in [6, 6.07) is 0. The van der Waals surface area contributed by atoms with Crippen LogP contribution in [0.25, 0.3) is 0 Å². The summed E-state index contributed by atoms with van der Waals surface area (Å²) < 4.78 is 6.71. The van der Waals surface area contributed by atoms with Crippen molar-refractivity contribution in [1.29, 1.82) is 0 Å². The van der Waals surface area contributed by atoms with Crippen LogP contribution in [0.3, 0.4) is 0 Å². The van der Waals surface area contributed by atoms with Crippen molar-refractivity contribution in [2.24, 2.45) is 34.5 Å². The second kappa shape index (κ2) is 7.38. The fraction of sp³-hybridized carbons (Fsp3) is 0.893. The van der Waals surface area contributed by atoms with Crippen molar-refractivity contribution in [1.82, 2.24) is 0 Å². The Kier molecular flexibility index (Phi) is 5.40. The molecule has 4 fully saturated rings. The standard InChI is InChI=1S/C28H44O6/c1-15-11-23(32)27(6,34-24(15,2)3)22-8-10-28(33)17-12-19(29)18-13-20(30)21(31)14-25(18,4)16(17)7-9-26(22,28)5/h12,15-16,18,20-23,30-33H,7-11,13-14H2,1-6H3. The zero-order valence-corrected chi connectivity index (χ0v) is 21.7. The molecule has 1 saturated heterocycles. The first-order valence-electron chi connectivity index (χ1n) is 13.3. The minimum absolute atomic E-state index is 0.00404. The van der Waals surface area contributed by atoms with E-state index in [2.05, 4.69) is 34.6 Å². The van der Waals surface area contributed by atoms with Gasteiger partial charge in [-0.2, -0.15) is 0 Å². The molecule has 5 rings (SSSR count). The largest absolute Gasteiger partial charge is 0.390 e. The van der Waals surface area contributed by atoms with Crippen LogP contribution in [0.1, 0.15) is 86.5 Å². The highest BCUT2D eigenvalue weighted by molar-refractivity contribution is 5.95. The van der Waals surface area contributed by atoms with Crippen LogP contribution >= 0.6 is 0 Å². The fourth-order valence-corrected chi connectivity index (χ4v) is 9.18. The van der Waals surface area contributed by atoms with E-state index in [1.54, 1.807) is 6.08 Å². The number of fused-ring (bicyclic) bond motifs is 5. The van der Waals surface area contributed by atoms with Gasteiger partial charge in [-0.1, -0.05) is 20.8 Å². The number of ether oxygens (including phenoxy) is 1. The molecule has 0 spiro atoms. The van der Waals surface area contributed by atoms with Crippen molar-refractivity contribution in [3.8, 4) is 0 Å². The van der Waals surface area contributed by atoms with Crippen LogP contribution in [0, 0.1) is 34.5 Å². The maximum atomic E-state index is 13.4. The van der Waals surface area contributed by atoms with E-state index in [9.17, 15) is 25.2 Å². The minimum atomic E-state index is -1.15. The van der Waals surface area contributed by atoms with Crippen molar-refractivity contribution < 1.29 is 30.0 Å². The van der Waals surface area contributed by atoms with Gasteiger partial charge in [-0.3, -0.25) is 4.79 Å². The van der Waals surface area contributed by atoms with Crippen LogP contribution in [0.15, 0.2) is 11.6 Å². The highest BCUT2D eigenvalue weighted by Gasteiger charge is 2.70. The van der Waals surface area contributed by atoms with Crippen LogP contribution in [0.5, 0.6) is 0 Å². The van der Waals surface area contributed by atoms with Crippen molar-refractivity contribution in [3.63, 3.8) is 0 Å². The van der Waals surface area contributed by atoms with Crippen molar-refractivity contribution in [2.45, 2.75) is 122 Å². The number of allylic oxidation sites excluding steroid dienone is 1. The maximum Gasteiger partial charge on any atom is 0.159 e. The highest BCUT2D eigenvalue weighted by atomic mass is 16.5. The second-order valence-corrected chi connectivity index (χ2v) is 13.6. The molecule has 0 amide bonds. The normalized spacial score (nSPS) is 56.8. The van der Waals surface area contributed by atoms with E-state index in [1.165, 1.54) is 0 Å². The summed E-state index contributed by atoms with van der Waals surface area (Å²) in [5.74, 6) is -0.184. The topological polar surface area (TPSA) is 107 Å². The molecule has 1 aliphatic heterocycles. The third kappa shape index (κ3) is 3.01. The van der Waals surface area contributed by atoms with Gasteiger partial charge in [0.15, 0.2) is 5.78 Å². The number of carbonyl (C=O) groups is 1. The Morgan fingerprint density at radius 2 is 1.62 bits per heavy atom. The third-order valence-corrected chi connectivity index (χ3v) is 11.7. The molecular formula is C28H44O6. The zero-order valence-electron chi connectivity index (χ0n) is 21.7. The second-order valence-electron chi connectivity index (χ2n) is 13.6. The lowest BCUT2D eigenvalue weighted by Crippen LogP contribution is -2.65. The molecule has 0 aromatic heterocycles. The molecule has 3 saturated carbocycles. The van der Waals surface area contributed by atoms with Crippen molar-refractivity contribution in [3.05, 3.63) is 11.6 Å². The van der Waals surface area contributed by atoms with E-state index < -0.39 is 40.3 Å². The first-order chi connectivity index (χ1) is 15.6. The molecular weight excluding hydrogens is 432 g/mol. The van der Waals surface area contributed by atoms with Gasteiger partial charge in [-0.15, -0.1) is 0 Å². The van der Waals surface area contributed by atoms with Crippen LogP contribution in [-0.2, 0) is 9.53 Å². The van der Waals surface area contributed by atoms with E-state index in [-0.39, 0.29) is 41.5 Å². The summed E-state index contributed by atoms with van der Waals surface area (Å²) in [6.45, 7) is 12.5. The lowest BCUT2D eigenvalue weighted by atomic mass is 9.45. The molecule has 4 N–H and O–H groups in total. The summed E-state index contributed by atoms with van der Waals surface area (Å²) >= 11 is 0. The maximum absolute atomic E-state index is 13.4. The Balaban J connectivity index is 1.54. The number of aliphatic hydroxyl groups excluding tert-OH is 3. The van der Waals surface area contributed by atoms with Gasteiger partial charge in [0.05, 0.1) is 35.1 Å². The molecule has 1 heterocycles. The predicted octanol–water partition coefficient (Wildman–Crippen LogP) is 3.15. The van der Waals surface area contributed by atoms with Crippen LogP contribution < -0.4 is 0 Å². The summed E-state index contributed by atoms with van der Waals surface area (Å²) in [4.78, 5) is 13.4. The average Bonchev–Trinajstić information content (AvgIpc) is 3.01. The van der Waals surface area contributed by atoms with E-state index in [4.69, 9.17) is 4.74 Å². The molecule has 0 bridgehead atoms. The summed E-state index contributed by atoms with van der Waals surface area (Å²) in [5.41, 5.74) is -2.49. The Morgan fingerprint density at radius 3 is 2.29 bits per heavy atom.